The molecular formula is C13H11BrO3S2. The fourth-order valence-corrected chi connectivity index (χ4v) is 4.17. The fourth-order valence-electron chi connectivity index (χ4n) is 1.54. The van der Waals surface area contributed by atoms with E-state index in [1.807, 2.05) is 6.92 Å². The maximum Gasteiger partial charge on any atom is 0.188 e. The Labute approximate surface area is 124 Å². The van der Waals surface area contributed by atoms with E-state index >= 15 is 0 Å². The maximum atomic E-state index is 12.1. The van der Waals surface area contributed by atoms with Crippen LogP contribution in [-0.2, 0) is 9.84 Å². The van der Waals surface area contributed by atoms with E-state index in [4.69, 9.17) is 0 Å². The highest BCUT2D eigenvalue weighted by Gasteiger charge is 2.21. The van der Waals surface area contributed by atoms with Crippen molar-refractivity contribution in [2.45, 2.75) is 11.8 Å². The molecule has 0 unspecified atom stereocenters. The first kappa shape index (κ1) is 14.4. The Morgan fingerprint density at radius 1 is 1.16 bits per heavy atom. The topological polar surface area (TPSA) is 51.2 Å². The summed E-state index contributed by atoms with van der Waals surface area (Å²) in [6.07, 6.45) is 0. The van der Waals surface area contributed by atoms with Crippen molar-refractivity contribution in [3.05, 3.63) is 50.6 Å². The molecule has 0 spiro atoms. The van der Waals surface area contributed by atoms with Gasteiger partial charge in [0.25, 0.3) is 0 Å². The van der Waals surface area contributed by atoms with Crippen LogP contribution in [-0.4, -0.2) is 20.0 Å². The van der Waals surface area contributed by atoms with E-state index in [0.29, 0.717) is 4.88 Å². The largest absolute Gasteiger partial charge is 0.292 e. The lowest BCUT2D eigenvalue weighted by atomic mass is 10.2. The smallest absolute Gasteiger partial charge is 0.188 e. The van der Waals surface area contributed by atoms with Crippen LogP contribution >= 0.6 is 27.3 Å². The van der Waals surface area contributed by atoms with E-state index in [9.17, 15) is 13.2 Å². The molecule has 0 amide bonds. The second-order valence-corrected chi connectivity index (χ2v) is 8.55. The Morgan fingerprint density at radius 3 is 2.32 bits per heavy atom. The minimum absolute atomic E-state index is 0.182. The number of ketones is 1. The lowest BCUT2D eigenvalue weighted by Gasteiger charge is -2.03. The summed E-state index contributed by atoms with van der Waals surface area (Å²) in [6, 6.07) is 9.86. The summed E-state index contributed by atoms with van der Waals surface area (Å²) in [6.45, 7) is 1.88. The quantitative estimate of drug-likeness (QED) is 0.786. The first-order valence-electron chi connectivity index (χ1n) is 5.46. The van der Waals surface area contributed by atoms with E-state index < -0.39 is 15.6 Å². The van der Waals surface area contributed by atoms with Crippen molar-refractivity contribution in [3.63, 3.8) is 0 Å². The highest BCUT2D eigenvalue weighted by molar-refractivity contribution is 9.11. The van der Waals surface area contributed by atoms with Gasteiger partial charge >= 0.3 is 0 Å². The molecule has 2 aromatic rings. The van der Waals surface area contributed by atoms with Crippen molar-refractivity contribution in [2.24, 2.45) is 0 Å². The molecule has 0 bridgehead atoms. The van der Waals surface area contributed by atoms with Gasteiger partial charge in [-0.1, -0.05) is 17.7 Å². The van der Waals surface area contributed by atoms with Gasteiger partial charge in [-0.25, -0.2) is 8.42 Å². The summed E-state index contributed by atoms with van der Waals surface area (Å²) in [5.74, 6) is -0.875. The third-order valence-corrected chi connectivity index (χ3v) is 5.85. The SMILES string of the molecule is Cc1ccc(S(=O)(=O)CC(=O)c2ccc(Br)s2)cc1. The normalized spacial score (nSPS) is 11.5. The molecule has 100 valence electrons. The first-order chi connectivity index (χ1) is 8.88. The van der Waals surface area contributed by atoms with Crippen LogP contribution in [0.4, 0.5) is 0 Å². The van der Waals surface area contributed by atoms with Gasteiger partial charge in [-0.3, -0.25) is 4.79 Å². The van der Waals surface area contributed by atoms with Crippen LogP contribution in [0.1, 0.15) is 15.2 Å². The average molecular weight is 359 g/mol. The number of carbonyl (C=O) groups excluding carboxylic acids is 1. The maximum absolute atomic E-state index is 12.1. The molecule has 1 aromatic heterocycles. The molecule has 0 saturated carbocycles. The molecule has 1 aromatic carbocycles. The molecule has 0 fully saturated rings. The van der Waals surface area contributed by atoms with Gasteiger partial charge in [-0.2, -0.15) is 0 Å². The van der Waals surface area contributed by atoms with Crippen molar-refractivity contribution in [2.75, 3.05) is 5.75 Å². The number of carbonyl (C=O) groups is 1. The zero-order chi connectivity index (χ0) is 14.0. The molecule has 0 aliphatic rings. The Hall–Kier alpha value is -0.980. The number of rotatable bonds is 4. The predicted molar refractivity (Wildman–Crippen MR) is 79.6 cm³/mol. The van der Waals surface area contributed by atoms with Gasteiger partial charge < -0.3 is 0 Å². The monoisotopic (exact) mass is 358 g/mol. The number of thiophene rings is 1. The van der Waals surface area contributed by atoms with Crippen molar-refractivity contribution in [1.82, 2.24) is 0 Å². The van der Waals surface area contributed by atoms with Gasteiger partial charge in [0.2, 0.25) is 0 Å². The molecule has 19 heavy (non-hydrogen) atoms. The van der Waals surface area contributed by atoms with E-state index in [-0.39, 0.29) is 10.7 Å². The third kappa shape index (κ3) is 3.52. The Kier molecular flexibility index (Phi) is 4.23. The minimum Gasteiger partial charge on any atom is -0.292 e. The summed E-state index contributed by atoms with van der Waals surface area (Å²) in [4.78, 5) is 12.6. The van der Waals surface area contributed by atoms with Crippen LogP contribution < -0.4 is 0 Å². The summed E-state index contributed by atoms with van der Waals surface area (Å²) >= 11 is 4.49. The van der Waals surface area contributed by atoms with E-state index in [1.165, 1.54) is 23.5 Å². The van der Waals surface area contributed by atoms with Crippen molar-refractivity contribution >= 4 is 42.9 Å². The second-order valence-electron chi connectivity index (χ2n) is 4.10. The summed E-state index contributed by atoms with van der Waals surface area (Å²) < 4.78 is 25.0. The van der Waals surface area contributed by atoms with Crippen LogP contribution in [0.3, 0.4) is 0 Å². The van der Waals surface area contributed by atoms with E-state index in [1.54, 1.807) is 24.3 Å². The zero-order valence-corrected chi connectivity index (χ0v) is 13.3. The van der Waals surface area contributed by atoms with Gasteiger partial charge in [-0.15, -0.1) is 11.3 Å². The fraction of sp³-hybridized carbons (Fsp3) is 0.154. The molecule has 0 radical (unpaired) electrons. The van der Waals surface area contributed by atoms with Gasteiger partial charge in [0.1, 0.15) is 5.75 Å². The summed E-state index contributed by atoms with van der Waals surface area (Å²) in [5, 5.41) is 0. The van der Waals surface area contributed by atoms with Crippen LogP contribution in [0.25, 0.3) is 0 Å². The molecule has 6 heteroatoms. The number of Topliss-reactive ketones (excluding diaryl/α,β-unsaturated/α-hetero) is 1. The number of halogens is 1. The third-order valence-electron chi connectivity index (χ3n) is 2.55. The Balaban J connectivity index is 2.22. The zero-order valence-electron chi connectivity index (χ0n) is 10.1. The number of hydrogen-bond donors (Lipinski definition) is 0. The van der Waals surface area contributed by atoms with Crippen LogP contribution in [0.5, 0.6) is 0 Å². The molecule has 0 atom stereocenters. The van der Waals surface area contributed by atoms with Crippen LogP contribution in [0, 0.1) is 6.92 Å². The molecule has 0 saturated heterocycles. The number of hydrogen-bond acceptors (Lipinski definition) is 4. The number of benzene rings is 1. The average Bonchev–Trinajstić information content (AvgIpc) is 2.76. The van der Waals surface area contributed by atoms with Gasteiger partial charge in [0.15, 0.2) is 15.6 Å². The van der Waals surface area contributed by atoms with Crippen molar-refractivity contribution in [1.29, 1.82) is 0 Å². The highest BCUT2D eigenvalue weighted by Crippen LogP contribution is 2.23. The molecule has 0 aliphatic carbocycles. The standard InChI is InChI=1S/C13H11BrO3S2/c1-9-2-4-10(5-3-9)19(16,17)8-11(15)12-6-7-13(14)18-12/h2-7H,8H2,1H3. The van der Waals surface area contributed by atoms with Gasteiger partial charge in [0.05, 0.1) is 13.6 Å². The molecule has 1 heterocycles. The van der Waals surface area contributed by atoms with Gasteiger partial charge in [0, 0.05) is 0 Å². The minimum atomic E-state index is -3.57. The van der Waals surface area contributed by atoms with E-state index in [2.05, 4.69) is 15.9 Å². The van der Waals surface area contributed by atoms with Crippen molar-refractivity contribution < 1.29 is 13.2 Å². The lowest BCUT2D eigenvalue weighted by molar-refractivity contribution is 0.102. The Bertz CT molecular complexity index is 700. The molecule has 3 nitrogen and oxygen atoms in total. The summed E-state index contributed by atoms with van der Waals surface area (Å²) in [5.41, 5.74) is 0.979. The molecular weight excluding hydrogens is 348 g/mol. The lowest BCUT2D eigenvalue weighted by Crippen LogP contribution is -2.15. The molecule has 2 rings (SSSR count). The van der Waals surface area contributed by atoms with Gasteiger partial charge in [-0.05, 0) is 47.1 Å². The second kappa shape index (κ2) is 5.56. The van der Waals surface area contributed by atoms with E-state index in [0.717, 1.165) is 9.35 Å². The molecule has 0 aliphatic heterocycles. The number of aryl methyl sites for hydroxylation is 1. The Morgan fingerprint density at radius 2 is 1.79 bits per heavy atom. The van der Waals surface area contributed by atoms with Crippen molar-refractivity contribution in [3.8, 4) is 0 Å². The van der Waals surface area contributed by atoms with Crippen LogP contribution in [0.2, 0.25) is 0 Å². The molecule has 0 N–H and O–H groups in total. The summed E-state index contributed by atoms with van der Waals surface area (Å²) in [7, 11) is -3.57. The van der Waals surface area contributed by atoms with Crippen LogP contribution in [0.15, 0.2) is 45.1 Å². The highest BCUT2D eigenvalue weighted by atomic mass is 79.9. The predicted octanol–water partition coefficient (Wildman–Crippen LogP) is 3.48. The number of sulfone groups is 1. The first-order valence-corrected chi connectivity index (χ1v) is 8.72.